The van der Waals surface area contributed by atoms with Gasteiger partial charge in [0.2, 0.25) is 5.91 Å². The number of benzene rings is 1. The van der Waals surface area contributed by atoms with Crippen LogP contribution in [0, 0.1) is 0 Å². The number of carbonyl (C=O) groups is 1. The Morgan fingerprint density at radius 2 is 1.67 bits per heavy atom. The molecule has 1 amide bonds. The molecule has 0 bridgehead atoms. The van der Waals surface area contributed by atoms with Gasteiger partial charge in [0.05, 0.1) is 6.04 Å². The molecule has 1 aromatic rings. The smallest absolute Gasteiger partial charge is 0.243 e. The minimum atomic E-state index is -0.191. The Balaban J connectivity index is 1.54. The van der Waals surface area contributed by atoms with Gasteiger partial charge in [0, 0.05) is 13.1 Å². The zero-order chi connectivity index (χ0) is 18.9. The van der Waals surface area contributed by atoms with Gasteiger partial charge in [-0.3, -0.25) is 9.69 Å². The summed E-state index contributed by atoms with van der Waals surface area (Å²) in [5.41, 5.74) is 2.46. The first-order valence-corrected chi connectivity index (χ1v) is 10.9. The molecule has 27 heavy (non-hydrogen) atoms. The van der Waals surface area contributed by atoms with Crippen molar-refractivity contribution in [1.29, 1.82) is 0 Å². The predicted octanol–water partition coefficient (Wildman–Crippen LogP) is 3.82. The van der Waals surface area contributed by atoms with Crippen LogP contribution in [0.25, 0.3) is 0 Å². The zero-order valence-electron chi connectivity index (χ0n) is 17.1. The normalized spacial score (nSPS) is 25.6. The summed E-state index contributed by atoms with van der Waals surface area (Å²) >= 11 is 0. The van der Waals surface area contributed by atoms with Crippen LogP contribution in [0.5, 0.6) is 0 Å². The van der Waals surface area contributed by atoms with Crippen molar-refractivity contribution in [2.24, 2.45) is 0 Å². The van der Waals surface area contributed by atoms with Gasteiger partial charge in [0.15, 0.2) is 0 Å². The number of likely N-dealkylation sites (tertiary alicyclic amines) is 2. The Labute approximate surface area is 164 Å². The minimum absolute atomic E-state index is 0.191. The van der Waals surface area contributed by atoms with Crippen molar-refractivity contribution in [2.45, 2.75) is 69.5 Å². The van der Waals surface area contributed by atoms with Gasteiger partial charge in [-0.15, -0.1) is 0 Å². The molecular weight excluding hydrogens is 334 g/mol. The fraction of sp³-hybridized carbons (Fsp3) is 0.696. The van der Waals surface area contributed by atoms with E-state index in [1.54, 1.807) is 0 Å². The number of nitrogens with zero attached hydrogens (tertiary/aromatic N) is 3. The molecule has 4 heteroatoms. The Kier molecular flexibility index (Phi) is 5.56. The van der Waals surface area contributed by atoms with E-state index in [0.29, 0.717) is 5.91 Å². The largest absolute Gasteiger partial charge is 0.334 e. The first-order valence-electron chi connectivity index (χ1n) is 10.9. The number of hydrogen-bond donors (Lipinski definition) is 0. The van der Waals surface area contributed by atoms with Gasteiger partial charge in [-0.2, -0.15) is 0 Å². The lowest BCUT2D eigenvalue weighted by atomic mass is 9.92. The van der Waals surface area contributed by atoms with E-state index >= 15 is 0 Å². The van der Waals surface area contributed by atoms with E-state index in [2.05, 4.69) is 53.1 Å². The van der Waals surface area contributed by atoms with E-state index in [1.165, 1.54) is 36.8 Å². The average Bonchev–Trinajstić information content (AvgIpc) is 3.41. The van der Waals surface area contributed by atoms with Crippen molar-refractivity contribution < 1.29 is 4.79 Å². The number of carbonyl (C=O) groups excluding carboxylic acids is 1. The van der Waals surface area contributed by atoms with Crippen molar-refractivity contribution in [3.05, 3.63) is 35.4 Å². The standard InChI is InChI=1S/C23H35N3O/c1-24(2)18-19-9-11-20(12-10-19)21-8-7-17-26(21)22(27)23(13-3-4-14-23)25-15-5-6-16-25/h9-12,21H,3-8,13-18H2,1-2H3/t21-/m0/s1. The monoisotopic (exact) mass is 369 g/mol. The summed E-state index contributed by atoms with van der Waals surface area (Å²) in [6.45, 7) is 4.12. The molecule has 0 spiro atoms. The van der Waals surface area contributed by atoms with Gasteiger partial charge in [-0.1, -0.05) is 37.1 Å². The molecule has 0 N–H and O–H groups in total. The SMILES string of the molecule is CN(C)Cc1ccc([C@@H]2CCCN2C(=O)C2(N3CCCC3)CCCC2)cc1. The highest BCUT2D eigenvalue weighted by Crippen LogP contribution is 2.42. The highest BCUT2D eigenvalue weighted by atomic mass is 16.2. The van der Waals surface area contributed by atoms with E-state index < -0.39 is 0 Å². The maximum atomic E-state index is 13.8. The van der Waals surface area contributed by atoms with Gasteiger partial charge in [0.1, 0.15) is 5.54 Å². The minimum Gasteiger partial charge on any atom is -0.334 e. The van der Waals surface area contributed by atoms with E-state index in [9.17, 15) is 4.79 Å². The first kappa shape index (κ1) is 18.9. The number of amides is 1. The number of rotatable bonds is 5. The molecule has 1 aromatic carbocycles. The topological polar surface area (TPSA) is 26.8 Å². The molecule has 3 aliphatic rings. The molecule has 0 unspecified atom stereocenters. The molecule has 1 atom stereocenters. The van der Waals surface area contributed by atoms with Gasteiger partial charge >= 0.3 is 0 Å². The van der Waals surface area contributed by atoms with Gasteiger partial charge in [0.25, 0.3) is 0 Å². The highest BCUT2D eigenvalue weighted by molar-refractivity contribution is 5.87. The summed E-state index contributed by atoms with van der Waals surface area (Å²) < 4.78 is 0. The van der Waals surface area contributed by atoms with E-state index in [1.807, 2.05) is 0 Å². The van der Waals surface area contributed by atoms with E-state index in [4.69, 9.17) is 0 Å². The second-order valence-electron chi connectivity index (χ2n) is 9.07. The van der Waals surface area contributed by atoms with Crippen LogP contribution in [0.15, 0.2) is 24.3 Å². The molecule has 4 nitrogen and oxygen atoms in total. The molecule has 1 saturated carbocycles. The van der Waals surface area contributed by atoms with Crippen LogP contribution in [0.1, 0.15) is 68.5 Å². The Hall–Kier alpha value is -1.39. The third kappa shape index (κ3) is 3.66. The molecular formula is C23H35N3O. The van der Waals surface area contributed by atoms with Crippen molar-refractivity contribution in [2.75, 3.05) is 33.7 Å². The molecule has 148 valence electrons. The quantitative estimate of drug-likeness (QED) is 0.789. The lowest BCUT2D eigenvalue weighted by Gasteiger charge is -2.41. The van der Waals surface area contributed by atoms with Crippen LogP contribution in [-0.2, 0) is 11.3 Å². The Morgan fingerprint density at radius 1 is 1.00 bits per heavy atom. The van der Waals surface area contributed by atoms with E-state index in [-0.39, 0.29) is 11.6 Å². The number of hydrogen-bond acceptors (Lipinski definition) is 3. The van der Waals surface area contributed by atoms with Crippen molar-refractivity contribution in [1.82, 2.24) is 14.7 Å². The molecule has 0 radical (unpaired) electrons. The fourth-order valence-corrected chi connectivity index (χ4v) is 5.60. The molecule has 2 aliphatic heterocycles. The maximum absolute atomic E-state index is 13.8. The van der Waals surface area contributed by atoms with Crippen LogP contribution in [0.4, 0.5) is 0 Å². The van der Waals surface area contributed by atoms with Gasteiger partial charge in [-0.05, 0) is 76.8 Å². The second-order valence-corrected chi connectivity index (χ2v) is 9.07. The zero-order valence-corrected chi connectivity index (χ0v) is 17.1. The summed E-state index contributed by atoms with van der Waals surface area (Å²) in [4.78, 5) is 20.8. The summed E-state index contributed by atoms with van der Waals surface area (Å²) in [6.07, 6.45) is 9.30. The lowest BCUT2D eigenvalue weighted by Crippen LogP contribution is -2.57. The summed E-state index contributed by atoms with van der Waals surface area (Å²) in [5.74, 6) is 0.432. The van der Waals surface area contributed by atoms with Gasteiger partial charge in [-0.25, -0.2) is 0 Å². The second kappa shape index (κ2) is 7.92. The lowest BCUT2D eigenvalue weighted by molar-refractivity contribution is -0.145. The van der Waals surface area contributed by atoms with Gasteiger partial charge < -0.3 is 9.80 Å². The maximum Gasteiger partial charge on any atom is 0.243 e. The van der Waals surface area contributed by atoms with Crippen LogP contribution in [-0.4, -0.2) is 59.9 Å². The van der Waals surface area contributed by atoms with Crippen LogP contribution in [0.2, 0.25) is 0 Å². The molecule has 0 aromatic heterocycles. The summed E-state index contributed by atoms with van der Waals surface area (Å²) in [6, 6.07) is 9.26. The van der Waals surface area contributed by atoms with Crippen molar-refractivity contribution in [3.8, 4) is 0 Å². The van der Waals surface area contributed by atoms with Crippen LogP contribution >= 0.6 is 0 Å². The molecule has 1 aliphatic carbocycles. The van der Waals surface area contributed by atoms with Crippen LogP contribution in [0.3, 0.4) is 0 Å². The third-order valence-corrected chi connectivity index (χ3v) is 6.92. The molecule has 3 fully saturated rings. The summed E-state index contributed by atoms with van der Waals surface area (Å²) in [7, 11) is 4.20. The Bertz CT molecular complexity index is 642. The average molecular weight is 370 g/mol. The Morgan fingerprint density at radius 3 is 2.30 bits per heavy atom. The molecule has 2 saturated heterocycles. The molecule has 4 rings (SSSR count). The van der Waals surface area contributed by atoms with Crippen LogP contribution < -0.4 is 0 Å². The third-order valence-electron chi connectivity index (χ3n) is 6.92. The van der Waals surface area contributed by atoms with E-state index in [0.717, 1.165) is 51.9 Å². The van der Waals surface area contributed by atoms with Crippen molar-refractivity contribution >= 4 is 5.91 Å². The first-order chi connectivity index (χ1) is 13.1. The predicted molar refractivity (Wildman–Crippen MR) is 110 cm³/mol. The fourth-order valence-electron chi connectivity index (χ4n) is 5.60. The summed E-state index contributed by atoms with van der Waals surface area (Å²) in [5, 5.41) is 0. The molecule has 2 heterocycles. The van der Waals surface area contributed by atoms with Crippen molar-refractivity contribution in [3.63, 3.8) is 0 Å². The highest BCUT2D eigenvalue weighted by Gasteiger charge is 2.50.